The van der Waals surface area contributed by atoms with E-state index in [1.54, 1.807) is 7.05 Å². The van der Waals surface area contributed by atoms with Gasteiger partial charge in [0.1, 0.15) is 12.4 Å². The quantitative estimate of drug-likeness (QED) is 0.650. The van der Waals surface area contributed by atoms with E-state index in [0.717, 1.165) is 17.7 Å². The van der Waals surface area contributed by atoms with Crippen LogP contribution in [0.15, 0.2) is 60.9 Å². The summed E-state index contributed by atoms with van der Waals surface area (Å²) >= 11 is 0. The lowest BCUT2D eigenvalue weighted by atomic mass is 10.0. The molecule has 0 saturated heterocycles. The first kappa shape index (κ1) is 19.5. The van der Waals surface area contributed by atoms with E-state index in [4.69, 9.17) is 0 Å². The number of amides is 1. The molecule has 0 bridgehead atoms. The Kier molecular flexibility index (Phi) is 5.72. The number of aromatic nitrogens is 4. The third kappa shape index (κ3) is 4.73. The van der Waals surface area contributed by atoms with Crippen LogP contribution in [0.1, 0.15) is 22.7 Å². The van der Waals surface area contributed by atoms with Gasteiger partial charge in [-0.2, -0.15) is 13.2 Å². The molecule has 9 heteroatoms. The Labute approximate surface area is 159 Å². The number of rotatable bonds is 6. The van der Waals surface area contributed by atoms with Crippen LogP contribution in [0.2, 0.25) is 0 Å². The molecule has 0 aliphatic carbocycles. The summed E-state index contributed by atoms with van der Waals surface area (Å²) in [6, 6.07) is 13.6. The predicted octanol–water partition coefficient (Wildman–Crippen LogP) is 3.13. The summed E-state index contributed by atoms with van der Waals surface area (Å²) in [5.41, 5.74) is 0.819. The molecule has 1 aromatic heterocycles. The number of alkyl halides is 3. The van der Waals surface area contributed by atoms with Crippen LogP contribution in [0.5, 0.6) is 0 Å². The molecule has 0 aliphatic rings. The first-order valence-electron chi connectivity index (χ1n) is 8.52. The third-order valence-corrected chi connectivity index (χ3v) is 4.32. The highest BCUT2D eigenvalue weighted by Crippen LogP contribution is 2.29. The van der Waals surface area contributed by atoms with Crippen LogP contribution in [0.3, 0.4) is 0 Å². The lowest BCUT2D eigenvalue weighted by Gasteiger charge is -2.24. The second kappa shape index (κ2) is 8.20. The lowest BCUT2D eigenvalue weighted by Crippen LogP contribution is -2.35. The van der Waals surface area contributed by atoms with Crippen molar-refractivity contribution in [3.8, 4) is 0 Å². The van der Waals surface area contributed by atoms with Gasteiger partial charge in [-0.05, 0) is 33.7 Å². The number of hydrogen-bond donors (Lipinski definition) is 0. The standard InChI is InChI=1S/C19H18F3N5O/c1-26(12-15-7-9-16(10-8-15)19(20,21)22)18(28)17(27-13-23-24-25-27)11-14-5-3-2-4-6-14/h2-10,13,17H,11-12H2,1H3/t17-/m1/s1. The normalized spacial score (nSPS) is 12.6. The molecule has 1 heterocycles. The molecule has 6 nitrogen and oxygen atoms in total. The number of carbonyl (C=O) groups excluding carboxylic acids is 1. The molecule has 28 heavy (non-hydrogen) atoms. The molecule has 0 saturated carbocycles. The van der Waals surface area contributed by atoms with Gasteiger partial charge in [0.15, 0.2) is 0 Å². The van der Waals surface area contributed by atoms with E-state index in [1.165, 1.54) is 28.0 Å². The lowest BCUT2D eigenvalue weighted by molar-refractivity contribution is -0.137. The fraction of sp³-hybridized carbons (Fsp3) is 0.263. The third-order valence-electron chi connectivity index (χ3n) is 4.32. The molecule has 0 fully saturated rings. The number of hydrogen-bond acceptors (Lipinski definition) is 4. The van der Waals surface area contributed by atoms with Gasteiger partial charge in [0.25, 0.3) is 0 Å². The topological polar surface area (TPSA) is 63.9 Å². The van der Waals surface area contributed by atoms with E-state index in [1.807, 2.05) is 30.3 Å². The van der Waals surface area contributed by atoms with E-state index in [0.29, 0.717) is 12.0 Å². The van der Waals surface area contributed by atoms with Gasteiger partial charge in [-0.25, -0.2) is 4.68 Å². The van der Waals surface area contributed by atoms with Crippen LogP contribution in [-0.2, 0) is 23.9 Å². The fourth-order valence-electron chi connectivity index (χ4n) is 2.85. The Balaban J connectivity index is 1.75. The molecular formula is C19H18F3N5O. The summed E-state index contributed by atoms with van der Waals surface area (Å²) in [6.45, 7) is 0.171. The molecule has 0 N–H and O–H groups in total. The van der Waals surface area contributed by atoms with Crippen LogP contribution in [-0.4, -0.2) is 38.1 Å². The van der Waals surface area contributed by atoms with Crippen LogP contribution in [0.4, 0.5) is 13.2 Å². The van der Waals surface area contributed by atoms with Gasteiger partial charge in [-0.3, -0.25) is 4.79 Å². The highest BCUT2D eigenvalue weighted by Gasteiger charge is 2.30. The second-order valence-electron chi connectivity index (χ2n) is 6.38. The number of likely N-dealkylation sites (N-methyl/N-ethyl adjacent to an activating group) is 1. The molecule has 146 valence electrons. The molecule has 0 radical (unpaired) electrons. The number of nitrogens with zero attached hydrogens (tertiary/aromatic N) is 5. The Morgan fingerprint density at radius 2 is 1.75 bits per heavy atom. The molecule has 1 atom stereocenters. The van der Waals surface area contributed by atoms with Crippen LogP contribution < -0.4 is 0 Å². The maximum Gasteiger partial charge on any atom is 0.416 e. The number of benzene rings is 2. The SMILES string of the molecule is CN(Cc1ccc(C(F)(F)F)cc1)C(=O)[C@@H](Cc1ccccc1)n1cnnn1. The zero-order valence-corrected chi connectivity index (χ0v) is 15.0. The maximum absolute atomic E-state index is 13.0. The summed E-state index contributed by atoms with van der Waals surface area (Å²) in [6.07, 6.45) is -2.62. The Morgan fingerprint density at radius 3 is 2.32 bits per heavy atom. The van der Waals surface area contributed by atoms with E-state index in [-0.39, 0.29) is 12.5 Å². The van der Waals surface area contributed by atoms with Crippen LogP contribution in [0, 0.1) is 0 Å². The van der Waals surface area contributed by atoms with Gasteiger partial charge in [-0.15, -0.1) is 5.10 Å². The largest absolute Gasteiger partial charge is 0.416 e. The first-order chi connectivity index (χ1) is 13.3. The molecule has 0 spiro atoms. The molecule has 3 rings (SSSR count). The van der Waals surface area contributed by atoms with Crippen molar-refractivity contribution in [2.24, 2.45) is 0 Å². The highest BCUT2D eigenvalue weighted by molar-refractivity contribution is 5.80. The smallest absolute Gasteiger partial charge is 0.340 e. The van der Waals surface area contributed by atoms with Crippen molar-refractivity contribution in [2.45, 2.75) is 25.2 Å². The maximum atomic E-state index is 13.0. The molecule has 1 amide bonds. The number of tetrazole rings is 1. The number of carbonyl (C=O) groups is 1. The summed E-state index contributed by atoms with van der Waals surface area (Å²) in [5, 5.41) is 11.0. The monoisotopic (exact) mass is 389 g/mol. The van der Waals surface area contributed by atoms with E-state index >= 15 is 0 Å². The van der Waals surface area contributed by atoms with Crippen molar-refractivity contribution in [1.29, 1.82) is 0 Å². The predicted molar refractivity (Wildman–Crippen MR) is 94.9 cm³/mol. The number of halogens is 3. The fourth-order valence-corrected chi connectivity index (χ4v) is 2.85. The highest BCUT2D eigenvalue weighted by atomic mass is 19.4. The van der Waals surface area contributed by atoms with Gasteiger partial charge in [0, 0.05) is 20.0 Å². The van der Waals surface area contributed by atoms with Gasteiger partial charge < -0.3 is 4.90 Å². The van der Waals surface area contributed by atoms with Gasteiger partial charge in [0.2, 0.25) is 5.91 Å². The molecule has 3 aromatic rings. The Hall–Kier alpha value is -3.23. The average Bonchev–Trinajstić information content (AvgIpc) is 3.20. The first-order valence-corrected chi connectivity index (χ1v) is 8.52. The minimum atomic E-state index is -4.39. The van der Waals surface area contributed by atoms with Crippen molar-refractivity contribution < 1.29 is 18.0 Å². The van der Waals surface area contributed by atoms with Crippen molar-refractivity contribution in [2.75, 3.05) is 7.05 Å². The Bertz CT molecular complexity index is 896. The van der Waals surface area contributed by atoms with Gasteiger partial charge >= 0.3 is 6.18 Å². The summed E-state index contributed by atoms with van der Waals surface area (Å²) in [4.78, 5) is 14.5. The minimum absolute atomic E-state index is 0.171. The minimum Gasteiger partial charge on any atom is -0.340 e. The van der Waals surface area contributed by atoms with Crippen molar-refractivity contribution in [3.05, 3.63) is 77.6 Å². The summed E-state index contributed by atoms with van der Waals surface area (Å²) < 4.78 is 39.5. The molecule has 0 aliphatic heterocycles. The molecule has 2 aromatic carbocycles. The Morgan fingerprint density at radius 1 is 1.07 bits per heavy atom. The van der Waals surface area contributed by atoms with Gasteiger partial charge in [-0.1, -0.05) is 42.5 Å². The van der Waals surface area contributed by atoms with Crippen LogP contribution >= 0.6 is 0 Å². The van der Waals surface area contributed by atoms with Crippen molar-refractivity contribution in [3.63, 3.8) is 0 Å². The zero-order valence-electron chi connectivity index (χ0n) is 15.0. The summed E-state index contributed by atoms with van der Waals surface area (Å²) in [7, 11) is 1.60. The van der Waals surface area contributed by atoms with Crippen molar-refractivity contribution in [1.82, 2.24) is 25.1 Å². The van der Waals surface area contributed by atoms with E-state index < -0.39 is 17.8 Å². The van der Waals surface area contributed by atoms with Crippen molar-refractivity contribution >= 4 is 5.91 Å². The van der Waals surface area contributed by atoms with Gasteiger partial charge in [0.05, 0.1) is 5.56 Å². The van der Waals surface area contributed by atoms with Crippen LogP contribution in [0.25, 0.3) is 0 Å². The molecular weight excluding hydrogens is 371 g/mol. The summed E-state index contributed by atoms with van der Waals surface area (Å²) in [5.74, 6) is -0.240. The zero-order chi connectivity index (χ0) is 20.1. The van der Waals surface area contributed by atoms with E-state index in [2.05, 4.69) is 15.5 Å². The molecule has 0 unspecified atom stereocenters. The van der Waals surface area contributed by atoms with E-state index in [9.17, 15) is 18.0 Å². The second-order valence-corrected chi connectivity index (χ2v) is 6.38. The average molecular weight is 389 g/mol.